The summed E-state index contributed by atoms with van der Waals surface area (Å²) >= 11 is 0. The van der Waals surface area contributed by atoms with Crippen LogP contribution in [0.1, 0.15) is 19.3 Å². The van der Waals surface area contributed by atoms with Crippen molar-refractivity contribution in [2.24, 2.45) is 0 Å². The smallest absolute Gasteiger partial charge is 0.330 e. The Morgan fingerprint density at radius 3 is 1.82 bits per heavy atom. The molecule has 0 aromatic rings. The lowest BCUT2D eigenvalue weighted by atomic mass is 9.96. The van der Waals surface area contributed by atoms with Gasteiger partial charge in [-0.2, -0.15) is 0 Å². The van der Waals surface area contributed by atoms with Crippen LogP contribution in [-0.2, 0) is 19.1 Å². The average molecular weight is 242 g/mol. The van der Waals surface area contributed by atoms with Gasteiger partial charge in [-0.1, -0.05) is 6.58 Å². The van der Waals surface area contributed by atoms with Gasteiger partial charge in [-0.25, -0.2) is 14.4 Å². The summed E-state index contributed by atoms with van der Waals surface area (Å²) in [6, 6.07) is 0. The fourth-order valence-electron chi connectivity index (χ4n) is 0.844. The van der Waals surface area contributed by atoms with Crippen LogP contribution in [-0.4, -0.2) is 34.2 Å². The van der Waals surface area contributed by atoms with Crippen LogP contribution in [0.5, 0.6) is 0 Å². The highest BCUT2D eigenvalue weighted by atomic mass is 16.5. The Kier molecular flexibility index (Phi) is 7.09. The van der Waals surface area contributed by atoms with E-state index in [9.17, 15) is 14.4 Å². The van der Waals surface area contributed by atoms with Crippen molar-refractivity contribution in [1.29, 1.82) is 0 Å². The molecule has 94 valence electrons. The maximum absolute atomic E-state index is 10.5. The van der Waals surface area contributed by atoms with Crippen LogP contribution in [0.15, 0.2) is 24.8 Å². The number of carboxylic acid groups (broad SMARTS) is 2. The van der Waals surface area contributed by atoms with E-state index in [1.807, 2.05) is 0 Å². The molecule has 0 saturated heterocycles. The molecule has 0 spiro atoms. The maximum Gasteiger partial charge on any atom is 0.330 e. The molecule has 0 radical (unpaired) electrons. The van der Waals surface area contributed by atoms with E-state index in [1.165, 1.54) is 12.5 Å². The number of carbonyl (C=O) groups is 3. The van der Waals surface area contributed by atoms with Gasteiger partial charge in [-0.05, 0) is 19.3 Å². The molecular formula is C11H14O6. The van der Waals surface area contributed by atoms with E-state index < -0.39 is 11.9 Å². The number of carbonyl (C=O) groups excluding carboxylic acids is 1. The summed E-state index contributed by atoms with van der Waals surface area (Å²) in [7, 11) is 0. The summed E-state index contributed by atoms with van der Waals surface area (Å²) < 4.78 is 4.88. The fourth-order valence-corrected chi connectivity index (χ4v) is 0.844. The topological polar surface area (TPSA) is 101 Å². The highest BCUT2D eigenvalue weighted by Gasteiger charge is 2.19. The van der Waals surface area contributed by atoms with Gasteiger partial charge in [0.05, 0.1) is 0 Å². The van der Waals surface area contributed by atoms with Crippen LogP contribution in [0.2, 0.25) is 0 Å². The molecule has 1 aliphatic rings. The number of aliphatic carboxylic acids is 2. The van der Waals surface area contributed by atoms with Crippen molar-refractivity contribution in [1.82, 2.24) is 0 Å². The number of hydrogen-bond donors (Lipinski definition) is 2. The van der Waals surface area contributed by atoms with Gasteiger partial charge in [0.1, 0.15) is 6.10 Å². The predicted octanol–water partition coefficient (Wildman–Crippen LogP) is 0.980. The largest absolute Gasteiger partial charge is 0.478 e. The second-order valence-electron chi connectivity index (χ2n) is 3.20. The Morgan fingerprint density at radius 2 is 1.59 bits per heavy atom. The summed E-state index contributed by atoms with van der Waals surface area (Å²) in [5.41, 5.74) is 0. The molecule has 1 aliphatic carbocycles. The molecule has 0 unspecified atom stereocenters. The number of ether oxygens (including phenoxy) is 1. The first-order valence-electron chi connectivity index (χ1n) is 4.92. The molecule has 0 heterocycles. The quantitative estimate of drug-likeness (QED) is 0.563. The summed E-state index contributed by atoms with van der Waals surface area (Å²) in [6.45, 7) is 3.30. The van der Waals surface area contributed by atoms with Crippen molar-refractivity contribution in [3.05, 3.63) is 24.8 Å². The monoisotopic (exact) mass is 242 g/mol. The fraction of sp³-hybridized carbons (Fsp3) is 0.364. The lowest BCUT2D eigenvalue weighted by molar-refractivity contribution is -0.146. The Hall–Kier alpha value is -2.11. The highest BCUT2D eigenvalue weighted by molar-refractivity contribution is 5.89. The molecule has 0 atom stereocenters. The van der Waals surface area contributed by atoms with Gasteiger partial charge in [0, 0.05) is 18.2 Å². The molecule has 0 aromatic carbocycles. The molecule has 1 saturated carbocycles. The van der Waals surface area contributed by atoms with E-state index in [0.29, 0.717) is 12.2 Å². The standard InChI is InChI=1S/C7H10O2.C4H4O4/c1-2-7(8)9-6-4-3-5-6;5-3(6)1-2-4(7)8/h2,6H,1,3-5H2;1-2H,(H,5,6)(H,7,8)/b;2-1-. The van der Waals surface area contributed by atoms with Crippen molar-refractivity contribution >= 4 is 17.9 Å². The van der Waals surface area contributed by atoms with Crippen molar-refractivity contribution in [3.8, 4) is 0 Å². The molecule has 17 heavy (non-hydrogen) atoms. The zero-order valence-electron chi connectivity index (χ0n) is 9.17. The second kappa shape index (κ2) is 8.09. The molecule has 1 fully saturated rings. The van der Waals surface area contributed by atoms with Crippen LogP contribution >= 0.6 is 0 Å². The van der Waals surface area contributed by atoms with Crippen LogP contribution in [0.4, 0.5) is 0 Å². The van der Waals surface area contributed by atoms with Crippen molar-refractivity contribution in [2.45, 2.75) is 25.4 Å². The summed E-state index contributed by atoms with van der Waals surface area (Å²) in [4.78, 5) is 29.6. The SMILES string of the molecule is C=CC(=O)OC1CCC1.O=C(O)/C=C\C(=O)O. The normalized spacial score (nSPS) is 14.1. The van der Waals surface area contributed by atoms with Crippen LogP contribution in [0, 0.1) is 0 Å². The highest BCUT2D eigenvalue weighted by Crippen LogP contribution is 2.21. The maximum atomic E-state index is 10.5. The minimum Gasteiger partial charge on any atom is -0.478 e. The van der Waals surface area contributed by atoms with E-state index >= 15 is 0 Å². The van der Waals surface area contributed by atoms with Gasteiger partial charge >= 0.3 is 17.9 Å². The molecule has 6 nitrogen and oxygen atoms in total. The average Bonchev–Trinajstić information content (AvgIpc) is 2.21. The number of rotatable bonds is 4. The van der Waals surface area contributed by atoms with Gasteiger partial charge in [0.2, 0.25) is 0 Å². The van der Waals surface area contributed by atoms with Crippen LogP contribution in [0.3, 0.4) is 0 Å². The van der Waals surface area contributed by atoms with E-state index in [2.05, 4.69) is 6.58 Å². The molecule has 1 rings (SSSR count). The molecule has 0 bridgehead atoms. The third-order valence-electron chi connectivity index (χ3n) is 1.87. The minimum absolute atomic E-state index is 0.190. The van der Waals surface area contributed by atoms with Gasteiger partial charge in [0.15, 0.2) is 0 Å². The lowest BCUT2D eigenvalue weighted by Crippen LogP contribution is -2.23. The zero-order chi connectivity index (χ0) is 13.3. The van der Waals surface area contributed by atoms with Gasteiger partial charge in [-0.3, -0.25) is 0 Å². The Labute approximate surface area is 98.2 Å². The molecular weight excluding hydrogens is 228 g/mol. The molecule has 0 amide bonds. The first kappa shape index (κ1) is 14.9. The van der Waals surface area contributed by atoms with Crippen LogP contribution in [0.25, 0.3) is 0 Å². The molecule has 0 aromatic heterocycles. The molecule has 2 N–H and O–H groups in total. The van der Waals surface area contributed by atoms with E-state index in [-0.39, 0.29) is 12.1 Å². The third-order valence-corrected chi connectivity index (χ3v) is 1.87. The van der Waals surface area contributed by atoms with Gasteiger partial charge < -0.3 is 14.9 Å². The Morgan fingerprint density at radius 1 is 1.12 bits per heavy atom. The first-order chi connectivity index (χ1) is 7.95. The first-order valence-corrected chi connectivity index (χ1v) is 4.92. The third kappa shape index (κ3) is 8.86. The lowest BCUT2D eigenvalue weighted by Gasteiger charge is -2.24. The van der Waals surface area contributed by atoms with Crippen molar-refractivity contribution < 1.29 is 29.3 Å². The molecule has 6 heteroatoms. The number of hydrogen-bond acceptors (Lipinski definition) is 4. The summed E-state index contributed by atoms with van der Waals surface area (Å²) in [6.07, 6.45) is 5.76. The van der Waals surface area contributed by atoms with Gasteiger partial charge in [-0.15, -0.1) is 0 Å². The second-order valence-corrected chi connectivity index (χ2v) is 3.20. The van der Waals surface area contributed by atoms with Crippen molar-refractivity contribution in [3.63, 3.8) is 0 Å². The minimum atomic E-state index is -1.26. The summed E-state index contributed by atoms with van der Waals surface area (Å²) in [5, 5.41) is 15.6. The van der Waals surface area contributed by atoms with Gasteiger partial charge in [0.25, 0.3) is 0 Å². The predicted molar refractivity (Wildman–Crippen MR) is 58.3 cm³/mol. The Bertz CT molecular complexity index is 311. The number of carboxylic acids is 2. The van der Waals surface area contributed by atoms with Crippen LogP contribution < -0.4 is 0 Å². The zero-order valence-corrected chi connectivity index (χ0v) is 9.17. The van der Waals surface area contributed by atoms with E-state index in [1.54, 1.807) is 0 Å². The van der Waals surface area contributed by atoms with Crippen molar-refractivity contribution in [2.75, 3.05) is 0 Å². The number of esters is 1. The van der Waals surface area contributed by atoms with E-state index in [0.717, 1.165) is 12.8 Å². The molecule has 0 aliphatic heterocycles. The Balaban J connectivity index is 0.000000304. The summed E-state index contributed by atoms with van der Waals surface area (Å²) in [5.74, 6) is -2.81. The van der Waals surface area contributed by atoms with E-state index in [4.69, 9.17) is 14.9 Å².